The van der Waals surface area contributed by atoms with Crippen LogP contribution >= 0.6 is 0 Å². The summed E-state index contributed by atoms with van der Waals surface area (Å²) in [5, 5.41) is 4.16. The third-order valence-corrected chi connectivity index (χ3v) is 7.80. The number of piperazine rings is 1. The Balaban J connectivity index is 1.04. The molecular formula is C28H31N5O3. The lowest BCUT2D eigenvalue weighted by Gasteiger charge is -2.37. The first-order valence-electron chi connectivity index (χ1n) is 12.9. The molecule has 2 saturated heterocycles. The first-order valence-corrected chi connectivity index (χ1v) is 12.9. The summed E-state index contributed by atoms with van der Waals surface area (Å²) in [6.07, 6.45) is 3.79. The van der Waals surface area contributed by atoms with E-state index < -0.39 is 0 Å². The summed E-state index contributed by atoms with van der Waals surface area (Å²) in [4.78, 5) is 36.4. The number of hydrogen-bond donors (Lipinski definition) is 0. The van der Waals surface area contributed by atoms with Gasteiger partial charge in [-0.1, -0.05) is 29.3 Å². The topological polar surface area (TPSA) is 82.8 Å². The largest absolute Gasteiger partial charge is 0.368 e. The van der Waals surface area contributed by atoms with E-state index in [1.807, 2.05) is 48.2 Å². The molecule has 3 aliphatic rings. The van der Waals surface area contributed by atoms with E-state index in [1.54, 1.807) is 4.90 Å². The van der Waals surface area contributed by atoms with E-state index in [-0.39, 0.29) is 24.2 Å². The van der Waals surface area contributed by atoms with Crippen LogP contribution in [0.3, 0.4) is 0 Å². The highest BCUT2D eigenvalue weighted by Gasteiger charge is 2.38. The van der Waals surface area contributed by atoms with E-state index >= 15 is 0 Å². The first kappa shape index (κ1) is 22.8. The van der Waals surface area contributed by atoms with Gasteiger partial charge in [0.1, 0.15) is 0 Å². The Labute approximate surface area is 210 Å². The number of hydrogen-bond acceptors (Lipinski definition) is 6. The molecule has 6 rings (SSSR count). The summed E-state index contributed by atoms with van der Waals surface area (Å²) in [6, 6.07) is 16.1. The van der Waals surface area contributed by atoms with E-state index in [0.29, 0.717) is 31.4 Å². The molecule has 2 aliphatic heterocycles. The van der Waals surface area contributed by atoms with Gasteiger partial charge in [0.15, 0.2) is 0 Å². The molecule has 186 valence electrons. The maximum atomic E-state index is 13.2. The molecule has 36 heavy (non-hydrogen) atoms. The van der Waals surface area contributed by atoms with Gasteiger partial charge in [0, 0.05) is 62.0 Å². The Morgan fingerprint density at radius 3 is 2.31 bits per heavy atom. The number of rotatable bonds is 5. The fourth-order valence-corrected chi connectivity index (χ4v) is 5.29. The summed E-state index contributed by atoms with van der Waals surface area (Å²) < 4.78 is 5.46. The number of amides is 2. The Morgan fingerprint density at radius 1 is 0.944 bits per heavy atom. The van der Waals surface area contributed by atoms with Gasteiger partial charge in [0.25, 0.3) is 0 Å². The maximum absolute atomic E-state index is 13.2. The lowest BCUT2D eigenvalue weighted by Crippen LogP contribution is -2.50. The fraction of sp³-hybridized carbons (Fsp3) is 0.429. The Hall–Kier alpha value is -3.68. The van der Waals surface area contributed by atoms with E-state index in [2.05, 4.69) is 27.2 Å². The van der Waals surface area contributed by atoms with Crippen LogP contribution in [0.5, 0.6) is 0 Å². The minimum absolute atomic E-state index is 0.0253. The highest BCUT2D eigenvalue weighted by atomic mass is 16.5. The predicted octanol–water partition coefficient (Wildman–Crippen LogP) is 4.01. The van der Waals surface area contributed by atoms with E-state index in [1.165, 1.54) is 6.42 Å². The van der Waals surface area contributed by atoms with Crippen molar-refractivity contribution < 1.29 is 14.1 Å². The molecule has 0 N–H and O–H groups in total. The normalized spacial score (nSPS) is 20.6. The molecule has 2 amide bonds. The van der Waals surface area contributed by atoms with Crippen molar-refractivity contribution in [2.75, 3.05) is 42.5 Å². The molecule has 8 nitrogen and oxygen atoms in total. The van der Waals surface area contributed by atoms with Crippen molar-refractivity contribution in [3.63, 3.8) is 0 Å². The van der Waals surface area contributed by atoms with Gasteiger partial charge in [0.2, 0.25) is 23.5 Å². The predicted molar refractivity (Wildman–Crippen MR) is 137 cm³/mol. The van der Waals surface area contributed by atoms with Crippen LogP contribution in [0.25, 0.3) is 11.4 Å². The number of anilines is 2. The number of nitrogens with zero attached hydrogens (tertiary/aromatic N) is 5. The molecule has 3 aromatic rings. The smallest absolute Gasteiger partial charge is 0.230 e. The second-order valence-electron chi connectivity index (χ2n) is 10.2. The lowest BCUT2D eigenvalue weighted by molar-refractivity contribution is -0.136. The third kappa shape index (κ3) is 4.36. The van der Waals surface area contributed by atoms with Gasteiger partial charge in [-0.15, -0.1) is 0 Å². The molecule has 0 bridgehead atoms. The van der Waals surface area contributed by atoms with Crippen LogP contribution in [0.1, 0.15) is 43.1 Å². The fourth-order valence-electron chi connectivity index (χ4n) is 5.29. The summed E-state index contributed by atoms with van der Waals surface area (Å²) in [5.74, 6) is 1.67. The molecular weight excluding hydrogens is 454 g/mol. The zero-order chi connectivity index (χ0) is 24.6. The zero-order valence-corrected chi connectivity index (χ0v) is 20.6. The number of aromatic nitrogens is 2. The lowest BCUT2D eigenvalue weighted by atomic mass is 9.85. The Morgan fingerprint density at radius 2 is 1.64 bits per heavy atom. The average Bonchev–Trinajstić information content (AvgIpc) is 3.50. The molecule has 1 saturated carbocycles. The number of benzene rings is 2. The highest BCUT2D eigenvalue weighted by Crippen LogP contribution is 2.36. The van der Waals surface area contributed by atoms with Crippen molar-refractivity contribution in [2.24, 2.45) is 5.92 Å². The van der Waals surface area contributed by atoms with Gasteiger partial charge in [-0.25, -0.2) is 0 Å². The summed E-state index contributed by atoms with van der Waals surface area (Å²) in [7, 11) is 0. The number of carbonyl (C=O) groups is 2. The maximum Gasteiger partial charge on any atom is 0.230 e. The highest BCUT2D eigenvalue weighted by molar-refractivity contribution is 6.00. The molecule has 3 heterocycles. The van der Waals surface area contributed by atoms with Crippen LogP contribution in [0.2, 0.25) is 0 Å². The van der Waals surface area contributed by atoms with Gasteiger partial charge in [0.05, 0.1) is 5.92 Å². The Kier molecular flexibility index (Phi) is 5.95. The zero-order valence-electron chi connectivity index (χ0n) is 20.6. The molecule has 0 radical (unpaired) electrons. The van der Waals surface area contributed by atoms with E-state index in [0.717, 1.165) is 54.3 Å². The van der Waals surface area contributed by atoms with Crippen molar-refractivity contribution in [3.8, 4) is 11.4 Å². The minimum Gasteiger partial charge on any atom is -0.368 e. The van der Waals surface area contributed by atoms with Crippen molar-refractivity contribution in [3.05, 3.63) is 60.0 Å². The van der Waals surface area contributed by atoms with Gasteiger partial charge in [-0.2, -0.15) is 4.98 Å². The summed E-state index contributed by atoms with van der Waals surface area (Å²) in [6.45, 7) is 5.33. The summed E-state index contributed by atoms with van der Waals surface area (Å²) in [5.41, 5.74) is 4.09. The molecule has 2 aromatic carbocycles. The molecule has 1 aliphatic carbocycles. The second kappa shape index (κ2) is 9.41. The van der Waals surface area contributed by atoms with Gasteiger partial charge < -0.3 is 19.2 Å². The SMILES string of the molecule is Cc1ccc(N2CC(C(=O)N3CCN(c4ccc(-c5noc(C6CCC6)n5)cc4)CC3)CC2=O)cc1. The number of aryl methyl sites for hydroxylation is 1. The van der Waals surface area contributed by atoms with Crippen molar-refractivity contribution in [2.45, 2.75) is 38.5 Å². The van der Waals surface area contributed by atoms with E-state index in [9.17, 15) is 9.59 Å². The molecule has 3 fully saturated rings. The molecule has 1 atom stereocenters. The van der Waals surface area contributed by atoms with Crippen LogP contribution in [-0.2, 0) is 9.59 Å². The molecule has 8 heteroatoms. The van der Waals surface area contributed by atoms with Gasteiger partial charge in [-0.3, -0.25) is 9.59 Å². The van der Waals surface area contributed by atoms with Crippen LogP contribution < -0.4 is 9.80 Å². The second-order valence-corrected chi connectivity index (χ2v) is 10.2. The summed E-state index contributed by atoms with van der Waals surface area (Å²) >= 11 is 0. The average molecular weight is 486 g/mol. The van der Waals surface area contributed by atoms with Crippen molar-refractivity contribution >= 4 is 23.2 Å². The minimum atomic E-state index is -0.274. The van der Waals surface area contributed by atoms with Crippen molar-refractivity contribution in [1.29, 1.82) is 0 Å². The van der Waals surface area contributed by atoms with Crippen LogP contribution in [0, 0.1) is 12.8 Å². The van der Waals surface area contributed by atoms with E-state index in [4.69, 9.17) is 4.52 Å². The molecule has 1 aromatic heterocycles. The van der Waals surface area contributed by atoms with Crippen LogP contribution in [-0.4, -0.2) is 59.6 Å². The third-order valence-electron chi connectivity index (χ3n) is 7.80. The molecule has 1 unspecified atom stereocenters. The molecule has 0 spiro atoms. The van der Waals surface area contributed by atoms with Gasteiger partial charge >= 0.3 is 0 Å². The van der Waals surface area contributed by atoms with Crippen LogP contribution in [0.15, 0.2) is 53.1 Å². The standard InChI is InChI=1S/C28H31N5O3/c1-19-5-9-24(10-6-19)33-18-22(17-25(33)34)28(35)32-15-13-31(14-16-32)23-11-7-20(8-12-23)26-29-27(36-30-26)21-3-2-4-21/h5-12,21-22H,2-4,13-18H2,1H3. The van der Waals surface area contributed by atoms with Gasteiger partial charge in [-0.05, 0) is 56.2 Å². The van der Waals surface area contributed by atoms with Crippen molar-refractivity contribution in [1.82, 2.24) is 15.0 Å². The first-order chi connectivity index (χ1) is 17.5. The number of carbonyl (C=O) groups excluding carboxylic acids is 2. The quantitative estimate of drug-likeness (QED) is 0.543. The monoisotopic (exact) mass is 485 g/mol. The van der Waals surface area contributed by atoms with Crippen LogP contribution in [0.4, 0.5) is 11.4 Å². The Bertz CT molecular complexity index is 1240.